The van der Waals surface area contributed by atoms with Gasteiger partial charge in [0, 0.05) is 38.9 Å². The summed E-state index contributed by atoms with van der Waals surface area (Å²) in [6.07, 6.45) is 5.49. The van der Waals surface area contributed by atoms with Crippen LogP contribution in [0.25, 0.3) is 0 Å². The van der Waals surface area contributed by atoms with Crippen LogP contribution in [0.5, 0.6) is 0 Å². The van der Waals surface area contributed by atoms with E-state index in [-0.39, 0.29) is 11.3 Å². The first-order valence-electron chi connectivity index (χ1n) is 7.04. The average Bonchev–Trinajstić information content (AvgIpc) is 2.38. The van der Waals surface area contributed by atoms with Crippen LogP contribution in [0.2, 0.25) is 0 Å². The molecule has 5 nitrogen and oxygen atoms in total. The van der Waals surface area contributed by atoms with Crippen LogP contribution in [0.1, 0.15) is 32.1 Å². The van der Waals surface area contributed by atoms with Crippen molar-refractivity contribution in [3.8, 4) is 0 Å². The summed E-state index contributed by atoms with van der Waals surface area (Å²) in [6.45, 7) is 2.21. The molecule has 2 N–H and O–H groups in total. The zero-order valence-corrected chi connectivity index (χ0v) is 14.0. The quantitative estimate of drug-likeness (QED) is 0.671. The van der Waals surface area contributed by atoms with Gasteiger partial charge in [-0.05, 0) is 19.3 Å². The van der Waals surface area contributed by atoms with E-state index >= 15 is 0 Å². The molecule has 1 rings (SSSR count). The van der Waals surface area contributed by atoms with Gasteiger partial charge in [0.25, 0.3) is 0 Å². The summed E-state index contributed by atoms with van der Waals surface area (Å²) in [6, 6.07) is 0.285. The minimum Gasteiger partial charge on any atom is -0.393 e. The molecule has 7 heteroatoms. The summed E-state index contributed by atoms with van der Waals surface area (Å²) in [5.74, 6) is 0. The molecule has 0 aromatic heterocycles. The second kappa shape index (κ2) is 8.26. The van der Waals surface area contributed by atoms with E-state index in [1.165, 1.54) is 6.26 Å². The van der Waals surface area contributed by atoms with Crippen LogP contribution in [0.15, 0.2) is 0 Å². The van der Waals surface area contributed by atoms with Crippen molar-refractivity contribution in [3.05, 3.63) is 0 Å². The summed E-state index contributed by atoms with van der Waals surface area (Å²) in [5.41, 5.74) is 5.57. The molecule has 0 bridgehead atoms. The number of thiocarbonyl (C=S) groups is 1. The van der Waals surface area contributed by atoms with Gasteiger partial charge in [0.2, 0.25) is 0 Å². The Hall–Kier alpha value is -0.240. The van der Waals surface area contributed by atoms with Crippen molar-refractivity contribution in [1.29, 1.82) is 0 Å². The summed E-state index contributed by atoms with van der Waals surface area (Å²) in [5, 5.41) is -0.212. The second-order valence-electron chi connectivity index (χ2n) is 5.52. The van der Waals surface area contributed by atoms with Gasteiger partial charge in [-0.2, -0.15) is 0 Å². The fourth-order valence-corrected chi connectivity index (χ4v) is 4.04. The molecular formula is C13H26N2O3S2. The van der Waals surface area contributed by atoms with Gasteiger partial charge in [0.05, 0.1) is 16.8 Å². The number of hydrogen-bond acceptors (Lipinski definition) is 5. The molecule has 118 valence electrons. The van der Waals surface area contributed by atoms with Crippen LogP contribution >= 0.6 is 12.2 Å². The molecule has 0 saturated heterocycles. The summed E-state index contributed by atoms with van der Waals surface area (Å²) in [4.78, 5) is 2.78. The van der Waals surface area contributed by atoms with Crippen LogP contribution in [0.3, 0.4) is 0 Å². The van der Waals surface area contributed by atoms with Gasteiger partial charge in [0.15, 0.2) is 0 Å². The van der Waals surface area contributed by atoms with E-state index in [2.05, 4.69) is 4.90 Å². The van der Waals surface area contributed by atoms with Crippen molar-refractivity contribution in [2.24, 2.45) is 5.73 Å². The van der Waals surface area contributed by atoms with Crippen LogP contribution in [-0.4, -0.2) is 62.7 Å². The molecule has 1 aliphatic rings. The first kappa shape index (κ1) is 17.8. The topological polar surface area (TPSA) is 72.6 Å². The highest BCUT2D eigenvalue weighted by Gasteiger charge is 2.31. The molecule has 2 unspecified atom stereocenters. The van der Waals surface area contributed by atoms with Crippen molar-refractivity contribution in [2.75, 3.05) is 33.1 Å². The number of nitrogens with zero attached hydrogens (tertiary/aromatic N) is 1. The number of sulfone groups is 1. The molecule has 1 saturated carbocycles. The number of ether oxygens (including phenoxy) is 1. The van der Waals surface area contributed by atoms with E-state index in [1.54, 1.807) is 7.11 Å². The first-order chi connectivity index (χ1) is 9.34. The van der Waals surface area contributed by atoms with Crippen molar-refractivity contribution in [1.82, 2.24) is 4.90 Å². The van der Waals surface area contributed by atoms with Gasteiger partial charge >= 0.3 is 0 Å². The van der Waals surface area contributed by atoms with Crippen molar-refractivity contribution >= 4 is 27.0 Å². The molecule has 2 atom stereocenters. The van der Waals surface area contributed by atoms with Gasteiger partial charge in [0.1, 0.15) is 9.84 Å². The highest BCUT2D eigenvalue weighted by molar-refractivity contribution is 7.91. The Bertz CT molecular complexity index is 412. The van der Waals surface area contributed by atoms with Crippen LogP contribution in [0.4, 0.5) is 0 Å². The van der Waals surface area contributed by atoms with Gasteiger partial charge in [-0.25, -0.2) is 8.42 Å². The normalized spacial score (nSPS) is 23.9. The Kier molecular flexibility index (Phi) is 7.36. The van der Waals surface area contributed by atoms with E-state index in [4.69, 9.17) is 22.7 Å². The van der Waals surface area contributed by atoms with Crippen LogP contribution in [0, 0.1) is 0 Å². The smallest absolute Gasteiger partial charge is 0.150 e. The van der Waals surface area contributed by atoms with Crippen LogP contribution in [-0.2, 0) is 14.6 Å². The molecule has 1 fully saturated rings. The lowest BCUT2D eigenvalue weighted by Gasteiger charge is -2.37. The molecule has 20 heavy (non-hydrogen) atoms. The van der Waals surface area contributed by atoms with Gasteiger partial charge in [-0.3, -0.25) is 4.90 Å². The summed E-state index contributed by atoms with van der Waals surface area (Å²) >= 11 is 4.93. The molecule has 0 aromatic rings. The van der Waals surface area contributed by atoms with E-state index in [0.29, 0.717) is 24.4 Å². The maximum absolute atomic E-state index is 11.8. The van der Waals surface area contributed by atoms with Crippen molar-refractivity contribution in [3.63, 3.8) is 0 Å². The van der Waals surface area contributed by atoms with Gasteiger partial charge in [-0.1, -0.05) is 18.6 Å². The molecule has 1 aliphatic carbocycles. The number of methoxy groups -OCH3 is 1. The SMILES string of the molecule is COCCN(CCC(N)=S)C1CCCC(S(C)(=O)=O)C1. The zero-order valence-electron chi connectivity index (χ0n) is 12.4. The van der Waals surface area contributed by atoms with E-state index in [0.717, 1.165) is 32.4 Å². The summed E-state index contributed by atoms with van der Waals surface area (Å²) < 4.78 is 28.6. The third-order valence-corrected chi connectivity index (χ3v) is 5.79. The third kappa shape index (κ3) is 6.03. The predicted octanol–water partition coefficient (Wildman–Crippen LogP) is 0.967. The predicted molar refractivity (Wildman–Crippen MR) is 85.7 cm³/mol. The second-order valence-corrected chi connectivity index (χ2v) is 8.37. The Morgan fingerprint density at radius 1 is 1.40 bits per heavy atom. The highest BCUT2D eigenvalue weighted by atomic mass is 32.2. The maximum atomic E-state index is 11.8. The molecule has 0 radical (unpaired) electrons. The lowest BCUT2D eigenvalue weighted by Crippen LogP contribution is -2.44. The molecule has 0 amide bonds. The molecule has 0 heterocycles. The fraction of sp³-hybridized carbons (Fsp3) is 0.923. The lowest BCUT2D eigenvalue weighted by atomic mass is 9.93. The highest BCUT2D eigenvalue weighted by Crippen LogP contribution is 2.27. The molecule has 0 spiro atoms. The third-order valence-electron chi connectivity index (χ3n) is 3.95. The Labute approximate surface area is 127 Å². The molecule has 0 aliphatic heterocycles. The molecule has 0 aromatic carbocycles. The van der Waals surface area contributed by atoms with Crippen molar-refractivity contribution < 1.29 is 13.2 Å². The Morgan fingerprint density at radius 2 is 2.10 bits per heavy atom. The standard InChI is InChI=1S/C13H26N2O3S2/c1-18-9-8-15(7-6-13(14)19)11-4-3-5-12(10-11)20(2,16)17/h11-12H,3-10H2,1-2H3,(H2,14,19). The minimum absolute atomic E-state index is 0.212. The number of rotatable bonds is 8. The average molecular weight is 322 g/mol. The largest absolute Gasteiger partial charge is 0.393 e. The van der Waals surface area contributed by atoms with E-state index < -0.39 is 9.84 Å². The Morgan fingerprint density at radius 3 is 2.65 bits per heavy atom. The monoisotopic (exact) mass is 322 g/mol. The van der Waals surface area contributed by atoms with E-state index in [9.17, 15) is 8.42 Å². The maximum Gasteiger partial charge on any atom is 0.150 e. The first-order valence-corrected chi connectivity index (χ1v) is 9.41. The number of hydrogen-bond donors (Lipinski definition) is 1. The zero-order chi connectivity index (χ0) is 15.2. The minimum atomic E-state index is -2.95. The van der Waals surface area contributed by atoms with Gasteiger partial charge in [-0.15, -0.1) is 0 Å². The number of nitrogens with two attached hydrogens (primary N) is 1. The summed E-state index contributed by atoms with van der Waals surface area (Å²) in [7, 11) is -1.28. The van der Waals surface area contributed by atoms with Gasteiger partial charge < -0.3 is 10.5 Å². The van der Waals surface area contributed by atoms with E-state index in [1.807, 2.05) is 0 Å². The van der Waals surface area contributed by atoms with Crippen molar-refractivity contribution in [2.45, 2.75) is 43.4 Å². The Balaban J connectivity index is 2.65. The lowest BCUT2D eigenvalue weighted by molar-refractivity contribution is 0.105. The fourth-order valence-electron chi connectivity index (χ4n) is 2.78. The molecular weight excluding hydrogens is 296 g/mol. The van der Waals surface area contributed by atoms with Crippen LogP contribution < -0.4 is 5.73 Å².